The predicted octanol–water partition coefficient (Wildman–Crippen LogP) is 5.56. The first-order valence-corrected chi connectivity index (χ1v) is 11.0. The summed E-state index contributed by atoms with van der Waals surface area (Å²) in [6.07, 6.45) is 17.5. The van der Waals surface area contributed by atoms with Crippen LogP contribution in [0.4, 0.5) is 11.4 Å². The predicted molar refractivity (Wildman–Crippen MR) is 132 cm³/mol. The van der Waals surface area contributed by atoms with Gasteiger partial charge in [-0.05, 0) is 49.4 Å². The molecule has 0 bridgehead atoms. The zero-order valence-electron chi connectivity index (χ0n) is 18.0. The molecule has 0 radical (unpaired) electrons. The van der Waals surface area contributed by atoms with Crippen molar-refractivity contribution in [3.05, 3.63) is 97.5 Å². The monoisotopic (exact) mass is 428 g/mol. The van der Waals surface area contributed by atoms with Crippen LogP contribution >= 0.6 is 0 Å². The van der Waals surface area contributed by atoms with E-state index in [1.807, 2.05) is 49.6 Å². The topological polar surface area (TPSA) is 59.2 Å². The molecule has 2 unspecified atom stereocenters. The zero-order valence-corrected chi connectivity index (χ0v) is 18.0. The minimum atomic E-state index is -0.250. The molecule has 2 aliphatic rings. The lowest BCUT2D eigenvalue weighted by molar-refractivity contribution is 0.565. The van der Waals surface area contributed by atoms with Crippen LogP contribution in [-0.4, -0.2) is 31.3 Å². The Labute approximate surface area is 190 Å². The number of rotatable bonds is 2. The highest BCUT2D eigenvalue weighted by Crippen LogP contribution is 2.52. The Hall–Kier alpha value is -4.32. The highest BCUT2D eigenvalue weighted by molar-refractivity contribution is 6.08. The second-order valence-corrected chi connectivity index (χ2v) is 8.73. The minimum Gasteiger partial charge on any atom is -0.331 e. The summed E-state index contributed by atoms with van der Waals surface area (Å²) < 4.78 is 2.29. The standard InChI is InChI=1S/C27H20N6/c1-27-8-12-31-17-23(27)22-16-30-11-7-26(22)33(27)19-4-2-3-18(13-19)32-24-5-9-28-14-20(24)21-15-29-10-6-25(21)32/h2-17,23H,1H3. The van der Waals surface area contributed by atoms with Gasteiger partial charge in [-0.2, -0.15) is 0 Å². The van der Waals surface area contributed by atoms with Gasteiger partial charge in [0.2, 0.25) is 0 Å². The molecule has 0 aliphatic carbocycles. The number of nitrogens with zero attached hydrogens (tertiary/aromatic N) is 6. The van der Waals surface area contributed by atoms with E-state index in [-0.39, 0.29) is 11.5 Å². The number of aliphatic imine (C=N–C) groups is 1. The van der Waals surface area contributed by atoms with E-state index in [4.69, 9.17) is 0 Å². The second-order valence-electron chi connectivity index (χ2n) is 8.73. The maximum absolute atomic E-state index is 4.44. The number of aromatic nitrogens is 4. The van der Waals surface area contributed by atoms with E-state index in [9.17, 15) is 0 Å². The van der Waals surface area contributed by atoms with Gasteiger partial charge in [-0.25, -0.2) is 0 Å². The van der Waals surface area contributed by atoms with Crippen LogP contribution < -0.4 is 4.90 Å². The molecule has 0 spiro atoms. The van der Waals surface area contributed by atoms with Crippen LogP contribution in [0.15, 0.2) is 96.9 Å². The van der Waals surface area contributed by atoms with Crippen LogP contribution in [0, 0.1) is 0 Å². The SMILES string of the molecule is CC12C=CN=CC1c1cnccc1N2c1cccc(-n2c3ccncc3c3cnccc32)c1. The fraction of sp³-hybridized carbons (Fsp3) is 0.111. The molecule has 6 heterocycles. The summed E-state index contributed by atoms with van der Waals surface area (Å²) in [5.74, 6) is 0.153. The maximum Gasteiger partial charge on any atom is 0.0742 e. The smallest absolute Gasteiger partial charge is 0.0742 e. The van der Waals surface area contributed by atoms with Crippen LogP contribution in [0.3, 0.4) is 0 Å². The summed E-state index contributed by atoms with van der Waals surface area (Å²) in [6.45, 7) is 2.27. The Bertz CT molecular complexity index is 1560. The molecular weight excluding hydrogens is 408 g/mol. The molecule has 33 heavy (non-hydrogen) atoms. The van der Waals surface area contributed by atoms with Gasteiger partial charge in [0.1, 0.15) is 0 Å². The van der Waals surface area contributed by atoms with Gasteiger partial charge < -0.3 is 9.47 Å². The van der Waals surface area contributed by atoms with E-state index >= 15 is 0 Å². The third-order valence-corrected chi connectivity index (χ3v) is 6.96. The fourth-order valence-corrected chi connectivity index (χ4v) is 5.47. The molecule has 0 N–H and O–H groups in total. The second kappa shape index (κ2) is 6.59. The number of hydrogen-bond acceptors (Lipinski definition) is 5. The Morgan fingerprint density at radius 3 is 2.30 bits per heavy atom. The molecule has 6 nitrogen and oxygen atoms in total. The Kier molecular flexibility index (Phi) is 3.65. The maximum atomic E-state index is 4.44. The van der Waals surface area contributed by atoms with Crippen molar-refractivity contribution in [2.45, 2.75) is 18.4 Å². The third-order valence-electron chi connectivity index (χ3n) is 6.96. The van der Waals surface area contributed by atoms with Crippen molar-refractivity contribution in [3.8, 4) is 5.69 Å². The van der Waals surface area contributed by atoms with Gasteiger partial charge in [-0.3, -0.25) is 19.9 Å². The molecule has 1 aromatic carbocycles. The van der Waals surface area contributed by atoms with Gasteiger partial charge in [0.05, 0.1) is 16.6 Å². The van der Waals surface area contributed by atoms with E-state index in [2.05, 4.69) is 84.9 Å². The van der Waals surface area contributed by atoms with Crippen molar-refractivity contribution in [2.75, 3.05) is 4.90 Å². The van der Waals surface area contributed by atoms with Crippen molar-refractivity contribution in [1.82, 2.24) is 19.5 Å². The molecule has 0 fully saturated rings. The highest BCUT2D eigenvalue weighted by atomic mass is 15.2. The first-order chi connectivity index (χ1) is 16.3. The number of benzene rings is 1. The van der Waals surface area contributed by atoms with Crippen LogP contribution in [0.5, 0.6) is 0 Å². The largest absolute Gasteiger partial charge is 0.331 e. The van der Waals surface area contributed by atoms with Crippen LogP contribution in [-0.2, 0) is 0 Å². The van der Waals surface area contributed by atoms with Gasteiger partial charge in [-0.1, -0.05) is 6.07 Å². The average Bonchev–Trinajstić information content (AvgIpc) is 3.33. The summed E-state index contributed by atoms with van der Waals surface area (Å²) in [6, 6.07) is 15.0. The number of fused-ring (bicyclic) bond motifs is 6. The zero-order chi connectivity index (χ0) is 22.0. The Morgan fingerprint density at radius 1 is 0.818 bits per heavy atom. The van der Waals surface area contributed by atoms with Crippen LogP contribution in [0.2, 0.25) is 0 Å². The van der Waals surface area contributed by atoms with Crippen LogP contribution in [0.1, 0.15) is 18.4 Å². The van der Waals surface area contributed by atoms with E-state index in [1.165, 1.54) is 11.3 Å². The summed E-state index contributed by atoms with van der Waals surface area (Å²) in [5.41, 5.74) is 6.58. The highest BCUT2D eigenvalue weighted by Gasteiger charge is 2.47. The third kappa shape index (κ3) is 2.43. The molecule has 0 amide bonds. The van der Waals surface area contributed by atoms with Crippen molar-refractivity contribution in [2.24, 2.45) is 4.99 Å². The molecule has 158 valence electrons. The lowest BCUT2D eigenvalue weighted by Crippen LogP contribution is -2.43. The van der Waals surface area contributed by atoms with Gasteiger partial charge in [0.25, 0.3) is 0 Å². The van der Waals surface area contributed by atoms with Crippen molar-refractivity contribution in [3.63, 3.8) is 0 Å². The molecule has 0 saturated heterocycles. The first-order valence-electron chi connectivity index (χ1n) is 11.0. The summed E-state index contributed by atoms with van der Waals surface area (Å²) >= 11 is 0. The van der Waals surface area contributed by atoms with Crippen molar-refractivity contribution >= 4 is 39.4 Å². The molecule has 7 rings (SSSR count). The lowest BCUT2D eigenvalue weighted by atomic mass is 9.83. The number of anilines is 2. The van der Waals surface area contributed by atoms with Gasteiger partial charge >= 0.3 is 0 Å². The summed E-state index contributed by atoms with van der Waals surface area (Å²) in [7, 11) is 0. The lowest BCUT2D eigenvalue weighted by Gasteiger charge is -2.38. The number of hydrogen-bond donors (Lipinski definition) is 0. The number of pyridine rings is 3. The fourth-order valence-electron chi connectivity index (χ4n) is 5.47. The molecule has 2 aliphatic heterocycles. The van der Waals surface area contributed by atoms with E-state index in [0.29, 0.717) is 0 Å². The quantitative estimate of drug-likeness (QED) is 0.369. The van der Waals surface area contributed by atoms with Gasteiger partial charge in [-0.15, -0.1) is 0 Å². The molecule has 4 aromatic heterocycles. The normalized spacial score (nSPS) is 21.0. The Morgan fingerprint density at radius 2 is 1.52 bits per heavy atom. The summed E-state index contributed by atoms with van der Waals surface area (Å²) in [4.78, 5) is 20.0. The van der Waals surface area contributed by atoms with Crippen molar-refractivity contribution in [1.29, 1.82) is 0 Å². The molecule has 5 aromatic rings. The van der Waals surface area contributed by atoms with E-state index < -0.39 is 0 Å². The molecule has 0 saturated carbocycles. The van der Waals surface area contributed by atoms with Crippen LogP contribution in [0.25, 0.3) is 27.5 Å². The van der Waals surface area contributed by atoms with Gasteiger partial charge in [0, 0.05) is 88.9 Å². The Balaban J connectivity index is 1.47. The summed E-state index contributed by atoms with van der Waals surface area (Å²) in [5, 5.41) is 2.20. The van der Waals surface area contributed by atoms with Crippen molar-refractivity contribution < 1.29 is 0 Å². The van der Waals surface area contributed by atoms with E-state index in [1.54, 1.807) is 0 Å². The average molecular weight is 428 g/mol. The molecule has 6 heteroatoms. The molecule has 2 atom stereocenters. The first kappa shape index (κ1) is 18.3. The van der Waals surface area contributed by atoms with E-state index in [0.717, 1.165) is 33.2 Å². The molecular formula is C27H20N6. The minimum absolute atomic E-state index is 0.153. The van der Waals surface area contributed by atoms with Gasteiger partial charge in [0.15, 0.2) is 0 Å².